The molecule has 0 unspecified atom stereocenters. The first-order valence-corrected chi connectivity index (χ1v) is 4.29. The van der Waals surface area contributed by atoms with E-state index >= 15 is 0 Å². The van der Waals surface area contributed by atoms with E-state index in [1.54, 1.807) is 13.3 Å². The van der Waals surface area contributed by atoms with Crippen molar-refractivity contribution in [3.05, 3.63) is 30.4 Å². The maximum Gasteiger partial charge on any atom is 0.144 e. The summed E-state index contributed by atoms with van der Waals surface area (Å²) in [5.74, 6) is 1.49. The Morgan fingerprint density at radius 1 is 1.64 bits per heavy atom. The Balaban J connectivity index is 2.63. The number of fused-ring (bicyclic) bond motifs is 1. The van der Waals surface area contributed by atoms with E-state index in [2.05, 4.69) is 4.98 Å². The second-order valence-electron chi connectivity index (χ2n) is 2.88. The molecule has 2 aromatic heterocycles. The fourth-order valence-electron chi connectivity index (χ4n) is 1.45. The quantitative estimate of drug-likeness (QED) is 0.680. The molecule has 0 bridgehead atoms. The van der Waals surface area contributed by atoms with Crippen molar-refractivity contribution in [3.8, 4) is 5.75 Å². The fourth-order valence-corrected chi connectivity index (χ4v) is 1.45. The van der Waals surface area contributed by atoms with Crippen molar-refractivity contribution in [2.45, 2.75) is 6.42 Å². The topological polar surface area (TPSA) is 43.6 Å². The number of ether oxygens (including phenoxy) is 1. The van der Waals surface area contributed by atoms with Gasteiger partial charge in [-0.1, -0.05) is 0 Å². The van der Waals surface area contributed by atoms with Crippen LogP contribution in [0.1, 0.15) is 5.82 Å². The minimum Gasteiger partial charge on any atom is -0.494 e. The second-order valence-corrected chi connectivity index (χ2v) is 2.88. The van der Waals surface area contributed by atoms with Gasteiger partial charge in [0.2, 0.25) is 0 Å². The predicted octanol–water partition coefficient (Wildman–Crippen LogP) is 1.08. The zero-order valence-electron chi connectivity index (χ0n) is 7.80. The Morgan fingerprint density at radius 2 is 2.50 bits per heavy atom. The lowest BCUT2D eigenvalue weighted by molar-refractivity contribution is -0.107. The lowest BCUT2D eigenvalue weighted by Crippen LogP contribution is -1.96. The van der Waals surface area contributed by atoms with Crippen LogP contribution < -0.4 is 4.74 Å². The lowest BCUT2D eigenvalue weighted by Gasteiger charge is -2.02. The average molecular weight is 190 g/mol. The van der Waals surface area contributed by atoms with Crippen LogP contribution >= 0.6 is 0 Å². The molecule has 0 saturated heterocycles. The predicted molar refractivity (Wildman–Crippen MR) is 51.5 cm³/mol. The van der Waals surface area contributed by atoms with Crippen molar-refractivity contribution in [1.82, 2.24) is 9.38 Å². The minimum atomic E-state index is 0.321. The molecule has 14 heavy (non-hydrogen) atoms. The summed E-state index contributed by atoms with van der Waals surface area (Å²) >= 11 is 0. The van der Waals surface area contributed by atoms with Crippen LogP contribution in [-0.2, 0) is 11.2 Å². The Hall–Kier alpha value is -1.84. The second kappa shape index (κ2) is 3.49. The van der Waals surface area contributed by atoms with E-state index in [0.717, 1.165) is 23.4 Å². The highest BCUT2D eigenvalue weighted by Crippen LogP contribution is 2.19. The molecule has 4 heteroatoms. The lowest BCUT2D eigenvalue weighted by atomic mass is 10.4. The van der Waals surface area contributed by atoms with Gasteiger partial charge in [0.25, 0.3) is 0 Å². The Morgan fingerprint density at radius 3 is 3.21 bits per heavy atom. The highest BCUT2D eigenvalue weighted by atomic mass is 16.5. The summed E-state index contributed by atoms with van der Waals surface area (Å²) in [6, 6.07) is 3.73. The number of rotatable bonds is 3. The van der Waals surface area contributed by atoms with E-state index in [1.807, 2.05) is 22.7 Å². The molecule has 4 nitrogen and oxygen atoms in total. The summed E-state index contributed by atoms with van der Waals surface area (Å²) in [6.07, 6.45) is 4.73. The number of aromatic nitrogens is 2. The first-order chi connectivity index (χ1) is 6.86. The smallest absolute Gasteiger partial charge is 0.144 e. The molecule has 2 heterocycles. The third-order valence-corrected chi connectivity index (χ3v) is 2.09. The molecule has 2 rings (SSSR count). The van der Waals surface area contributed by atoms with E-state index < -0.39 is 0 Å². The van der Waals surface area contributed by atoms with Crippen molar-refractivity contribution in [1.29, 1.82) is 0 Å². The first-order valence-electron chi connectivity index (χ1n) is 4.29. The Kier molecular flexibility index (Phi) is 2.18. The van der Waals surface area contributed by atoms with Crippen LogP contribution in [0.5, 0.6) is 5.75 Å². The molecule has 0 N–H and O–H groups in total. The van der Waals surface area contributed by atoms with Crippen LogP contribution in [0.2, 0.25) is 0 Å². The molecular weight excluding hydrogens is 180 g/mol. The molecule has 0 amide bonds. The number of carbonyl (C=O) groups is 1. The number of hydrogen-bond donors (Lipinski definition) is 0. The number of carbonyl (C=O) groups excluding carboxylic acids is 1. The molecular formula is C10H10N2O2. The van der Waals surface area contributed by atoms with Gasteiger partial charge >= 0.3 is 0 Å². The zero-order chi connectivity index (χ0) is 9.97. The van der Waals surface area contributed by atoms with Crippen molar-refractivity contribution >= 4 is 11.8 Å². The molecule has 0 fully saturated rings. The van der Waals surface area contributed by atoms with E-state index in [-0.39, 0.29) is 0 Å². The van der Waals surface area contributed by atoms with E-state index in [9.17, 15) is 4.79 Å². The largest absolute Gasteiger partial charge is 0.494 e. The molecule has 0 aliphatic carbocycles. The van der Waals surface area contributed by atoms with E-state index in [4.69, 9.17) is 4.74 Å². The molecule has 0 atom stereocenters. The van der Waals surface area contributed by atoms with Gasteiger partial charge in [0.05, 0.1) is 19.7 Å². The summed E-state index contributed by atoms with van der Waals surface area (Å²) in [6.45, 7) is 0. The number of aldehydes is 1. The van der Waals surface area contributed by atoms with E-state index in [0.29, 0.717) is 6.42 Å². The van der Waals surface area contributed by atoms with Crippen molar-refractivity contribution < 1.29 is 9.53 Å². The number of nitrogens with zero attached hydrogens (tertiary/aromatic N) is 2. The SMILES string of the molecule is COc1cccn2c(CC=O)ncc12. The van der Waals surface area contributed by atoms with Crippen LogP contribution in [0.25, 0.3) is 5.52 Å². The number of imidazole rings is 1. The van der Waals surface area contributed by atoms with Gasteiger partial charge in [-0.25, -0.2) is 4.98 Å². The van der Waals surface area contributed by atoms with Crippen molar-refractivity contribution in [2.75, 3.05) is 7.11 Å². The van der Waals surface area contributed by atoms with Crippen molar-refractivity contribution in [3.63, 3.8) is 0 Å². The fraction of sp³-hybridized carbons (Fsp3) is 0.200. The van der Waals surface area contributed by atoms with Gasteiger partial charge in [-0.3, -0.25) is 0 Å². The maximum atomic E-state index is 10.4. The van der Waals surface area contributed by atoms with Gasteiger partial charge < -0.3 is 13.9 Å². The van der Waals surface area contributed by atoms with Crippen LogP contribution in [0.15, 0.2) is 24.5 Å². The highest BCUT2D eigenvalue weighted by molar-refractivity contribution is 5.61. The summed E-state index contributed by atoms with van der Waals surface area (Å²) < 4.78 is 7.02. The minimum absolute atomic E-state index is 0.321. The van der Waals surface area contributed by atoms with E-state index in [1.165, 1.54) is 0 Å². The third kappa shape index (κ3) is 1.25. The van der Waals surface area contributed by atoms with Gasteiger partial charge in [-0.15, -0.1) is 0 Å². The zero-order valence-corrected chi connectivity index (χ0v) is 7.80. The van der Waals surface area contributed by atoms with Gasteiger partial charge in [0.15, 0.2) is 0 Å². The number of hydrogen-bond acceptors (Lipinski definition) is 3. The number of pyridine rings is 1. The summed E-state index contributed by atoms with van der Waals surface area (Å²) in [5.41, 5.74) is 0.881. The molecule has 0 radical (unpaired) electrons. The maximum absolute atomic E-state index is 10.4. The molecule has 0 aliphatic rings. The van der Waals surface area contributed by atoms with Gasteiger partial charge in [0.1, 0.15) is 23.4 Å². The highest BCUT2D eigenvalue weighted by Gasteiger charge is 2.05. The molecule has 0 aliphatic heterocycles. The van der Waals surface area contributed by atoms with Crippen LogP contribution in [0.3, 0.4) is 0 Å². The normalized spacial score (nSPS) is 10.4. The summed E-state index contributed by atoms with van der Waals surface area (Å²) in [7, 11) is 1.61. The van der Waals surface area contributed by atoms with Crippen LogP contribution in [0, 0.1) is 0 Å². The number of methoxy groups -OCH3 is 1. The van der Waals surface area contributed by atoms with Crippen LogP contribution in [-0.4, -0.2) is 22.8 Å². The Bertz CT molecular complexity index is 462. The van der Waals surface area contributed by atoms with Gasteiger partial charge in [0, 0.05) is 6.20 Å². The first kappa shape index (κ1) is 8.74. The molecule has 0 spiro atoms. The molecule has 2 aromatic rings. The standard InChI is InChI=1S/C10H10N2O2/c1-14-9-3-2-5-12-8(9)7-11-10(12)4-6-13/h2-3,5-7H,4H2,1H3. The molecule has 72 valence electrons. The van der Waals surface area contributed by atoms with Gasteiger partial charge in [-0.05, 0) is 12.1 Å². The summed E-state index contributed by atoms with van der Waals surface area (Å²) in [5, 5.41) is 0. The third-order valence-electron chi connectivity index (χ3n) is 2.09. The molecule has 0 aromatic carbocycles. The average Bonchev–Trinajstić information content (AvgIpc) is 2.62. The summed E-state index contributed by atoms with van der Waals surface area (Å²) in [4.78, 5) is 14.5. The van der Waals surface area contributed by atoms with Crippen molar-refractivity contribution in [2.24, 2.45) is 0 Å². The monoisotopic (exact) mass is 190 g/mol. The van der Waals surface area contributed by atoms with Gasteiger partial charge in [-0.2, -0.15) is 0 Å². The van der Waals surface area contributed by atoms with Crippen LogP contribution in [0.4, 0.5) is 0 Å². The Labute approximate surface area is 81.1 Å². The molecule has 0 saturated carbocycles.